The summed E-state index contributed by atoms with van der Waals surface area (Å²) in [5.41, 5.74) is 7.48. The Labute approximate surface area is 97.8 Å². The van der Waals surface area contributed by atoms with Gasteiger partial charge in [0.05, 0.1) is 7.11 Å². The van der Waals surface area contributed by atoms with Gasteiger partial charge in [0.2, 0.25) is 0 Å². The largest absolute Gasteiger partial charge is 0.496 e. The third-order valence-corrected chi connectivity index (χ3v) is 3.64. The van der Waals surface area contributed by atoms with Crippen LogP contribution in [0.4, 0.5) is 0 Å². The highest BCUT2D eigenvalue weighted by Gasteiger charge is 2.22. The average Bonchev–Trinajstić information content (AvgIpc) is 2.33. The number of ether oxygens (including phenoxy) is 1. The zero-order valence-corrected chi connectivity index (χ0v) is 9.99. The van der Waals surface area contributed by atoms with E-state index in [4.69, 9.17) is 10.5 Å². The topological polar surface area (TPSA) is 35.2 Å². The van der Waals surface area contributed by atoms with Gasteiger partial charge < -0.3 is 10.5 Å². The number of para-hydroxylation sites is 1. The lowest BCUT2D eigenvalue weighted by atomic mass is 9.81. The molecule has 2 atom stereocenters. The van der Waals surface area contributed by atoms with Crippen molar-refractivity contribution in [1.29, 1.82) is 0 Å². The minimum absolute atomic E-state index is 0.374. The molecule has 0 heterocycles. The van der Waals surface area contributed by atoms with Gasteiger partial charge >= 0.3 is 0 Å². The van der Waals surface area contributed by atoms with Crippen LogP contribution in [0.15, 0.2) is 24.3 Å². The normalized spacial score (nSPS) is 25.4. The Morgan fingerprint density at radius 3 is 2.75 bits per heavy atom. The van der Waals surface area contributed by atoms with Gasteiger partial charge in [-0.2, -0.15) is 0 Å². The van der Waals surface area contributed by atoms with Gasteiger partial charge in [-0.15, -0.1) is 0 Å². The first-order valence-corrected chi connectivity index (χ1v) is 6.18. The van der Waals surface area contributed by atoms with Crippen molar-refractivity contribution in [1.82, 2.24) is 0 Å². The van der Waals surface area contributed by atoms with E-state index in [0.29, 0.717) is 12.0 Å². The second-order valence-electron chi connectivity index (χ2n) is 4.72. The number of hydrogen-bond donors (Lipinski definition) is 1. The lowest BCUT2D eigenvalue weighted by Crippen LogP contribution is -2.34. The summed E-state index contributed by atoms with van der Waals surface area (Å²) >= 11 is 0. The fraction of sp³-hybridized carbons (Fsp3) is 0.571. The first-order valence-electron chi connectivity index (χ1n) is 6.18. The van der Waals surface area contributed by atoms with E-state index in [2.05, 4.69) is 12.1 Å². The standard InChI is InChI=1S/C14H21NO/c1-16-14-9-5-3-7-12(14)10-11-6-2-4-8-13(11)15/h3,5,7,9,11,13H,2,4,6,8,10,15H2,1H3. The Morgan fingerprint density at radius 1 is 1.25 bits per heavy atom. The second kappa shape index (κ2) is 5.35. The van der Waals surface area contributed by atoms with Crippen molar-refractivity contribution >= 4 is 0 Å². The van der Waals surface area contributed by atoms with Crippen molar-refractivity contribution in [3.05, 3.63) is 29.8 Å². The third kappa shape index (κ3) is 2.56. The molecule has 0 aliphatic heterocycles. The van der Waals surface area contributed by atoms with Gasteiger partial charge in [0.15, 0.2) is 0 Å². The second-order valence-corrected chi connectivity index (χ2v) is 4.72. The first kappa shape index (κ1) is 11.5. The summed E-state index contributed by atoms with van der Waals surface area (Å²) < 4.78 is 5.38. The first-order chi connectivity index (χ1) is 7.81. The third-order valence-electron chi connectivity index (χ3n) is 3.64. The minimum atomic E-state index is 0.374. The molecule has 88 valence electrons. The number of benzene rings is 1. The maximum atomic E-state index is 6.18. The molecule has 2 nitrogen and oxygen atoms in total. The van der Waals surface area contributed by atoms with E-state index < -0.39 is 0 Å². The van der Waals surface area contributed by atoms with Crippen molar-refractivity contribution in [2.24, 2.45) is 11.7 Å². The molecule has 2 heteroatoms. The summed E-state index contributed by atoms with van der Waals surface area (Å²) in [6, 6.07) is 8.65. The zero-order valence-electron chi connectivity index (χ0n) is 9.99. The van der Waals surface area contributed by atoms with Crippen molar-refractivity contribution in [3.8, 4) is 5.75 Å². The van der Waals surface area contributed by atoms with E-state index in [1.54, 1.807) is 7.11 Å². The summed E-state index contributed by atoms with van der Waals surface area (Å²) in [6.07, 6.45) is 6.13. The molecular formula is C14H21NO. The molecule has 0 aromatic heterocycles. The van der Waals surface area contributed by atoms with E-state index in [1.165, 1.54) is 31.2 Å². The molecule has 0 spiro atoms. The van der Waals surface area contributed by atoms with Gasteiger partial charge in [0.25, 0.3) is 0 Å². The van der Waals surface area contributed by atoms with Crippen LogP contribution < -0.4 is 10.5 Å². The Balaban J connectivity index is 2.07. The monoisotopic (exact) mass is 219 g/mol. The molecule has 0 radical (unpaired) electrons. The molecule has 0 bridgehead atoms. The molecule has 1 aliphatic carbocycles. The van der Waals surface area contributed by atoms with Crippen molar-refractivity contribution < 1.29 is 4.74 Å². The van der Waals surface area contributed by atoms with E-state index in [9.17, 15) is 0 Å². The Kier molecular flexibility index (Phi) is 3.83. The van der Waals surface area contributed by atoms with Gasteiger partial charge in [0.1, 0.15) is 5.75 Å². The molecule has 0 amide bonds. The van der Waals surface area contributed by atoms with Crippen molar-refractivity contribution in [2.75, 3.05) is 7.11 Å². The highest BCUT2D eigenvalue weighted by molar-refractivity contribution is 5.33. The molecule has 0 saturated heterocycles. The molecule has 1 aliphatic rings. The SMILES string of the molecule is COc1ccccc1CC1CCCCC1N. The zero-order chi connectivity index (χ0) is 11.4. The lowest BCUT2D eigenvalue weighted by molar-refractivity contribution is 0.302. The van der Waals surface area contributed by atoms with Crippen LogP contribution in [0.5, 0.6) is 5.75 Å². The molecule has 1 fully saturated rings. The average molecular weight is 219 g/mol. The fourth-order valence-electron chi connectivity index (χ4n) is 2.64. The summed E-state index contributed by atoms with van der Waals surface area (Å²) in [5.74, 6) is 1.63. The van der Waals surface area contributed by atoms with Gasteiger partial charge in [0, 0.05) is 6.04 Å². The molecule has 1 aromatic carbocycles. The van der Waals surface area contributed by atoms with Crippen LogP contribution in [-0.2, 0) is 6.42 Å². The van der Waals surface area contributed by atoms with Crippen LogP contribution >= 0.6 is 0 Å². The van der Waals surface area contributed by atoms with Crippen LogP contribution in [0.1, 0.15) is 31.2 Å². The van der Waals surface area contributed by atoms with Crippen LogP contribution in [0.25, 0.3) is 0 Å². The summed E-state index contributed by atoms with van der Waals surface area (Å²) in [5, 5.41) is 0. The molecular weight excluding hydrogens is 198 g/mol. The number of nitrogens with two attached hydrogens (primary N) is 1. The van der Waals surface area contributed by atoms with Gasteiger partial charge in [-0.1, -0.05) is 31.0 Å². The highest BCUT2D eigenvalue weighted by atomic mass is 16.5. The Bertz CT molecular complexity index is 337. The van der Waals surface area contributed by atoms with Gasteiger partial charge in [-0.05, 0) is 36.8 Å². The van der Waals surface area contributed by atoms with Crippen LogP contribution in [0.2, 0.25) is 0 Å². The maximum Gasteiger partial charge on any atom is 0.122 e. The Hall–Kier alpha value is -1.02. The predicted octanol–water partition coefficient (Wildman–Crippen LogP) is 2.76. The van der Waals surface area contributed by atoms with E-state index in [1.807, 2.05) is 12.1 Å². The van der Waals surface area contributed by atoms with E-state index >= 15 is 0 Å². The molecule has 16 heavy (non-hydrogen) atoms. The molecule has 2 N–H and O–H groups in total. The van der Waals surface area contributed by atoms with E-state index in [0.717, 1.165) is 12.2 Å². The predicted molar refractivity (Wildman–Crippen MR) is 66.6 cm³/mol. The smallest absolute Gasteiger partial charge is 0.122 e. The number of hydrogen-bond acceptors (Lipinski definition) is 2. The number of methoxy groups -OCH3 is 1. The molecule has 1 saturated carbocycles. The fourth-order valence-corrected chi connectivity index (χ4v) is 2.64. The maximum absolute atomic E-state index is 6.18. The van der Waals surface area contributed by atoms with Crippen molar-refractivity contribution in [3.63, 3.8) is 0 Å². The van der Waals surface area contributed by atoms with Gasteiger partial charge in [-0.3, -0.25) is 0 Å². The van der Waals surface area contributed by atoms with Crippen LogP contribution in [0.3, 0.4) is 0 Å². The summed E-state index contributed by atoms with van der Waals surface area (Å²) in [4.78, 5) is 0. The summed E-state index contributed by atoms with van der Waals surface area (Å²) in [6.45, 7) is 0. The van der Waals surface area contributed by atoms with Gasteiger partial charge in [-0.25, -0.2) is 0 Å². The molecule has 2 unspecified atom stereocenters. The Morgan fingerprint density at radius 2 is 2.00 bits per heavy atom. The van der Waals surface area contributed by atoms with Crippen LogP contribution in [0, 0.1) is 5.92 Å². The summed E-state index contributed by atoms with van der Waals surface area (Å²) in [7, 11) is 1.74. The minimum Gasteiger partial charge on any atom is -0.496 e. The van der Waals surface area contributed by atoms with Crippen molar-refractivity contribution in [2.45, 2.75) is 38.1 Å². The molecule has 1 aromatic rings. The van der Waals surface area contributed by atoms with E-state index in [-0.39, 0.29) is 0 Å². The van der Waals surface area contributed by atoms with Crippen LogP contribution in [-0.4, -0.2) is 13.2 Å². The lowest BCUT2D eigenvalue weighted by Gasteiger charge is -2.29. The number of rotatable bonds is 3. The highest BCUT2D eigenvalue weighted by Crippen LogP contribution is 2.29. The quantitative estimate of drug-likeness (QED) is 0.848. The molecule has 2 rings (SSSR count).